The predicted octanol–water partition coefficient (Wildman–Crippen LogP) is 0.600. The molecule has 15 heavy (non-hydrogen) atoms. The number of carbonyl (C=O) groups excluding carboxylic acids is 1. The SMILES string of the molecule is NC(=O)C1(P(=O)(O)c2ccccc2)CC1. The molecule has 2 rings (SSSR count). The van der Waals surface area contributed by atoms with Crippen molar-refractivity contribution in [2.75, 3.05) is 0 Å². The van der Waals surface area contributed by atoms with Gasteiger partial charge in [0.1, 0.15) is 5.16 Å². The van der Waals surface area contributed by atoms with Crippen LogP contribution in [-0.2, 0) is 9.36 Å². The molecule has 1 fully saturated rings. The van der Waals surface area contributed by atoms with E-state index >= 15 is 0 Å². The van der Waals surface area contributed by atoms with Crippen LogP contribution in [-0.4, -0.2) is 16.0 Å². The summed E-state index contributed by atoms with van der Waals surface area (Å²) in [5, 5.41) is -0.893. The molecule has 0 radical (unpaired) electrons. The van der Waals surface area contributed by atoms with E-state index in [1.807, 2.05) is 0 Å². The van der Waals surface area contributed by atoms with Crippen LogP contribution in [0.4, 0.5) is 0 Å². The summed E-state index contributed by atoms with van der Waals surface area (Å²) in [6, 6.07) is 8.23. The number of carbonyl (C=O) groups is 1. The molecule has 0 aromatic heterocycles. The minimum atomic E-state index is -3.67. The first-order valence-corrected chi connectivity index (χ1v) is 6.35. The average molecular weight is 225 g/mol. The summed E-state index contributed by atoms with van der Waals surface area (Å²) < 4.78 is 12.2. The normalized spacial score (nSPS) is 21.7. The molecule has 4 nitrogen and oxygen atoms in total. The van der Waals surface area contributed by atoms with E-state index in [4.69, 9.17) is 5.73 Å². The van der Waals surface area contributed by atoms with Gasteiger partial charge in [-0.05, 0) is 25.0 Å². The van der Waals surface area contributed by atoms with Gasteiger partial charge in [0.15, 0.2) is 0 Å². The van der Waals surface area contributed by atoms with Gasteiger partial charge in [0, 0.05) is 5.30 Å². The lowest BCUT2D eigenvalue weighted by Crippen LogP contribution is -2.33. The first kappa shape index (κ1) is 10.4. The summed E-state index contributed by atoms with van der Waals surface area (Å²) in [5.41, 5.74) is 5.19. The first-order chi connectivity index (χ1) is 7.01. The fraction of sp³-hybridized carbons (Fsp3) is 0.300. The lowest BCUT2D eigenvalue weighted by molar-refractivity contribution is -0.118. The Labute approximate surface area is 87.6 Å². The van der Waals surface area contributed by atoms with Crippen LogP contribution in [0.3, 0.4) is 0 Å². The molecule has 0 saturated heterocycles. The van der Waals surface area contributed by atoms with E-state index in [0.29, 0.717) is 18.1 Å². The van der Waals surface area contributed by atoms with Gasteiger partial charge in [0.2, 0.25) is 13.3 Å². The van der Waals surface area contributed by atoms with E-state index in [9.17, 15) is 14.3 Å². The highest BCUT2D eigenvalue weighted by atomic mass is 31.2. The Morgan fingerprint density at radius 3 is 2.27 bits per heavy atom. The van der Waals surface area contributed by atoms with Crippen molar-refractivity contribution < 1.29 is 14.3 Å². The van der Waals surface area contributed by atoms with Crippen LogP contribution in [0, 0.1) is 0 Å². The van der Waals surface area contributed by atoms with Crippen LogP contribution in [0.2, 0.25) is 0 Å². The van der Waals surface area contributed by atoms with E-state index in [1.165, 1.54) is 0 Å². The monoisotopic (exact) mass is 225 g/mol. The van der Waals surface area contributed by atoms with Crippen molar-refractivity contribution in [3.05, 3.63) is 30.3 Å². The van der Waals surface area contributed by atoms with Crippen LogP contribution in [0.1, 0.15) is 12.8 Å². The minimum Gasteiger partial charge on any atom is -0.369 e. The highest BCUT2D eigenvalue weighted by molar-refractivity contribution is 7.69. The fourth-order valence-corrected chi connectivity index (χ4v) is 3.78. The molecule has 1 aliphatic rings. The molecule has 80 valence electrons. The molecule has 0 bridgehead atoms. The molecule has 1 atom stereocenters. The summed E-state index contributed by atoms with van der Waals surface area (Å²) in [4.78, 5) is 21.2. The maximum absolute atomic E-state index is 12.2. The number of primary amides is 1. The molecule has 1 aromatic carbocycles. The second-order valence-corrected chi connectivity index (χ2v) is 6.33. The third-order valence-electron chi connectivity index (χ3n) is 2.87. The molecular formula is C10H12NO3P. The minimum absolute atomic E-state index is 0.307. The Morgan fingerprint density at radius 2 is 1.87 bits per heavy atom. The molecule has 1 aromatic rings. The molecule has 1 saturated carbocycles. The average Bonchev–Trinajstić information content (AvgIpc) is 3.00. The Bertz CT molecular complexity index is 439. The number of amides is 1. The Balaban J connectivity index is 2.45. The largest absolute Gasteiger partial charge is 0.369 e. The zero-order valence-corrected chi connectivity index (χ0v) is 8.98. The number of nitrogens with two attached hydrogens (primary N) is 1. The summed E-state index contributed by atoms with van der Waals surface area (Å²) in [5.74, 6) is -0.669. The van der Waals surface area contributed by atoms with E-state index in [-0.39, 0.29) is 0 Å². The van der Waals surface area contributed by atoms with Crippen molar-refractivity contribution in [1.29, 1.82) is 0 Å². The van der Waals surface area contributed by atoms with Gasteiger partial charge in [-0.2, -0.15) is 0 Å². The molecule has 0 aliphatic heterocycles. The topological polar surface area (TPSA) is 80.4 Å². The molecule has 1 amide bonds. The standard InChI is InChI=1S/C10H12NO3P/c11-9(12)10(6-7-10)15(13,14)8-4-2-1-3-5-8/h1-5H,6-7H2,(H2,11,12)(H,13,14). The van der Waals surface area contributed by atoms with E-state index in [2.05, 4.69) is 0 Å². The Kier molecular flexibility index (Phi) is 2.21. The quantitative estimate of drug-likeness (QED) is 0.739. The number of hydrogen-bond donors (Lipinski definition) is 2. The van der Waals surface area contributed by atoms with Crippen molar-refractivity contribution in [2.24, 2.45) is 5.73 Å². The molecule has 1 unspecified atom stereocenters. The molecular weight excluding hydrogens is 213 g/mol. The number of rotatable bonds is 3. The van der Waals surface area contributed by atoms with Crippen LogP contribution in [0.25, 0.3) is 0 Å². The maximum atomic E-state index is 12.2. The van der Waals surface area contributed by atoms with Gasteiger partial charge in [-0.3, -0.25) is 9.36 Å². The Hall–Kier alpha value is -1.12. The summed E-state index contributed by atoms with van der Waals surface area (Å²) >= 11 is 0. The number of hydrogen-bond acceptors (Lipinski definition) is 2. The smallest absolute Gasteiger partial charge is 0.244 e. The number of benzene rings is 1. The van der Waals surface area contributed by atoms with Crippen molar-refractivity contribution >= 4 is 18.6 Å². The fourth-order valence-electron chi connectivity index (χ4n) is 1.69. The van der Waals surface area contributed by atoms with E-state index in [0.717, 1.165) is 0 Å². The summed E-state index contributed by atoms with van der Waals surface area (Å²) in [6.07, 6.45) is 0.815. The second kappa shape index (κ2) is 3.19. The Morgan fingerprint density at radius 1 is 1.33 bits per heavy atom. The lowest BCUT2D eigenvalue weighted by Gasteiger charge is -2.19. The van der Waals surface area contributed by atoms with E-state index in [1.54, 1.807) is 30.3 Å². The second-order valence-electron chi connectivity index (χ2n) is 3.81. The zero-order chi connectivity index (χ0) is 11.1. The van der Waals surface area contributed by atoms with Crippen molar-refractivity contribution in [3.63, 3.8) is 0 Å². The zero-order valence-electron chi connectivity index (χ0n) is 8.09. The van der Waals surface area contributed by atoms with E-state index < -0.39 is 18.4 Å². The lowest BCUT2D eigenvalue weighted by atomic mass is 10.4. The van der Waals surface area contributed by atoms with Crippen molar-refractivity contribution in [2.45, 2.75) is 18.0 Å². The van der Waals surface area contributed by atoms with Crippen LogP contribution < -0.4 is 11.0 Å². The molecule has 0 spiro atoms. The maximum Gasteiger partial charge on any atom is 0.244 e. The van der Waals surface area contributed by atoms with Crippen LogP contribution >= 0.6 is 7.37 Å². The van der Waals surface area contributed by atoms with Crippen molar-refractivity contribution in [3.8, 4) is 0 Å². The molecule has 3 N–H and O–H groups in total. The predicted molar refractivity (Wildman–Crippen MR) is 57.1 cm³/mol. The third-order valence-corrected chi connectivity index (χ3v) is 5.69. The molecule has 5 heteroatoms. The highest BCUT2D eigenvalue weighted by Gasteiger charge is 2.62. The third kappa shape index (κ3) is 1.41. The van der Waals surface area contributed by atoms with Gasteiger partial charge in [-0.1, -0.05) is 18.2 Å². The van der Waals surface area contributed by atoms with Gasteiger partial charge in [-0.25, -0.2) is 0 Å². The molecule has 0 heterocycles. The van der Waals surface area contributed by atoms with Gasteiger partial charge in [-0.15, -0.1) is 0 Å². The van der Waals surface area contributed by atoms with Gasteiger partial charge < -0.3 is 10.6 Å². The summed E-state index contributed by atoms with van der Waals surface area (Å²) in [7, 11) is -3.67. The first-order valence-electron chi connectivity index (χ1n) is 4.69. The van der Waals surface area contributed by atoms with Gasteiger partial charge in [0.05, 0.1) is 0 Å². The highest BCUT2D eigenvalue weighted by Crippen LogP contribution is 2.66. The van der Waals surface area contributed by atoms with Crippen molar-refractivity contribution in [1.82, 2.24) is 0 Å². The summed E-state index contributed by atoms with van der Waals surface area (Å²) in [6.45, 7) is 0. The molecule has 1 aliphatic carbocycles. The van der Waals surface area contributed by atoms with Crippen LogP contribution in [0.15, 0.2) is 30.3 Å². The van der Waals surface area contributed by atoms with Crippen LogP contribution in [0.5, 0.6) is 0 Å². The van der Waals surface area contributed by atoms with Gasteiger partial charge >= 0.3 is 0 Å². The van der Waals surface area contributed by atoms with Gasteiger partial charge in [0.25, 0.3) is 0 Å².